The van der Waals surface area contributed by atoms with E-state index in [0.29, 0.717) is 22.9 Å². The van der Waals surface area contributed by atoms with E-state index in [1.54, 1.807) is 22.0 Å². The fraction of sp³-hybridized carbons (Fsp3) is 0.333. The van der Waals surface area contributed by atoms with Crippen molar-refractivity contribution in [3.05, 3.63) is 88.8 Å². The fourth-order valence-corrected chi connectivity index (χ4v) is 4.40. The summed E-state index contributed by atoms with van der Waals surface area (Å²) in [5, 5.41) is 19.5. The number of benzene rings is 2. The van der Waals surface area contributed by atoms with Gasteiger partial charge in [0, 0.05) is 16.2 Å². The molecular formula is C27H26N8. The van der Waals surface area contributed by atoms with Crippen molar-refractivity contribution in [2.75, 3.05) is 0 Å². The maximum atomic E-state index is 9.78. The molecule has 0 saturated heterocycles. The van der Waals surface area contributed by atoms with Gasteiger partial charge in [-0.15, -0.1) is 0 Å². The molecule has 0 atom stereocenters. The van der Waals surface area contributed by atoms with Crippen LogP contribution in [0.1, 0.15) is 69.9 Å². The largest absolute Gasteiger partial charge is 0.238 e. The van der Waals surface area contributed by atoms with Crippen LogP contribution in [0.2, 0.25) is 0 Å². The SMILES string of the molecule is [C-]#[N+]c1cc2cc(c1)C(C)(C)c1cc(C#N)cc(c1)-n1cnc(n1)C(C)(C)C(C)(C)c1ncn-2n1. The fourth-order valence-electron chi connectivity index (χ4n) is 4.40. The second-order valence-electron chi connectivity index (χ2n) is 10.6. The number of hydrogen-bond donors (Lipinski definition) is 0. The number of rotatable bonds is 0. The highest BCUT2D eigenvalue weighted by molar-refractivity contribution is 5.59. The van der Waals surface area contributed by atoms with Gasteiger partial charge in [-0.05, 0) is 41.5 Å². The molecule has 1 aliphatic heterocycles. The average molecular weight is 463 g/mol. The molecule has 0 unspecified atom stereocenters. The lowest BCUT2D eigenvalue weighted by Gasteiger charge is -2.37. The van der Waals surface area contributed by atoms with E-state index in [-0.39, 0.29) is 0 Å². The van der Waals surface area contributed by atoms with Gasteiger partial charge in [-0.1, -0.05) is 47.6 Å². The maximum absolute atomic E-state index is 9.78. The Hall–Kier alpha value is -4.30. The Labute approximate surface area is 204 Å². The van der Waals surface area contributed by atoms with Crippen LogP contribution in [0.25, 0.3) is 16.2 Å². The van der Waals surface area contributed by atoms with E-state index < -0.39 is 16.2 Å². The molecule has 0 N–H and O–H groups in total. The third-order valence-corrected chi connectivity index (χ3v) is 7.72. The van der Waals surface area contributed by atoms with E-state index in [4.69, 9.17) is 16.8 Å². The second-order valence-corrected chi connectivity index (χ2v) is 10.6. The molecule has 3 heterocycles. The van der Waals surface area contributed by atoms with Crippen LogP contribution in [0.3, 0.4) is 0 Å². The zero-order valence-corrected chi connectivity index (χ0v) is 20.7. The van der Waals surface area contributed by atoms with Gasteiger partial charge < -0.3 is 0 Å². The monoisotopic (exact) mass is 462 g/mol. The highest BCUT2D eigenvalue weighted by Crippen LogP contribution is 2.42. The van der Waals surface area contributed by atoms with Crippen LogP contribution in [-0.2, 0) is 16.2 Å². The van der Waals surface area contributed by atoms with Crippen LogP contribution < -0.4 is 0 Å². The molecule has 2 aromatic carbocycles. The molecule has 2 aromatic heterocycles. The molecule has 5 rings (SSSR count). The van der Waals surface area contributed by atoms with Crippen molar-refractivity contribution >= 4 is 5.69 Å². The van der Waals surface area contributed by atoms with Crippen LogP contribution in [0, 0.1) is 17.9 Å². The maximum Gasteiger partial charge on any atom is 0.189 e. The lowest BCUT2D eigenvalue weighted by molar-refractivity contribution is 0.273. The first kappa shape index (κ1) is 22.5. The molecule has 0 fully saturated rings. The lowest BCUT2D eigenvalue weighted by Crippen LogP contribution is -2.42. The molecule has 35 heavy (non-hydrogen) atoms. The summed E-state index contributed by atoms with van der Waals surface area (Å²) >= 11 is 0. The van der Waals surface area contributed by atoms with Gasteiger partial charge in [-0.25, -0.2) is 24.2 Å². The van der Waals surface area contributed by atoms with Gasteiger partial charge in [0.05, 0.1) is 29.6 Å². The Morgan fingerprint density at radius 3 is 1.80 bits per heavy atom. The summed E-state index contributed by atoms with van der Waals surface area (Å²) in [6.45, 7) is 20.2. The summed E-state index contributed by atoms with van der Waals surface area (Å²) < 4.78 is 3.45. The third-order valence-electron chi connectivity index (χ3n) is 7.72. The molecule has 0 spiro atoms. The van der Waals surface area contributed by atoms with E-state index in [2.05, 4.69) is 62.4 Å². The van der Waals surface area contributed by atoms with Crippen molar-refractivity contribution in [3.63, 3.8) is 0 Å². The third kappa shape index (κ3) is 3.33. The predicted molar refractivity (Wildman–Crippen MR) is 132 cm³/mol. The topological polar surface area (TPSA) is 89.6 Å². The number of fused-ring (bicyclic) bond motifs is 10. The van der Waals surface area contributed by atoms with E-state index in [0.717, 1.165) is 22.5 Å². The van der Waals surface area contributed by atoms with Gasteiger partial charge >= 0.3 is 0 Å². The van der Waals surface area contributed by atoms with E-state index in [1.807, 2.05) is 36.4 Å². The summed E-state index contributed by atoms with van der Waals surface area (Å²) in [6, 6.07) is 13.8. The van der Waals surface area contributed by atoms with Gasteiger partial charge in [0.1, 0.15) is 12.7 Å². The summed E-state index contributed by atoms with van der Waals surface area (Å²) in [5.74, 6) is 1.32. The molecule has 0 amide bonds. The molecule has 0 aliphatic carbocycles. The van der Waals surface area contributed by atoms with Crippen LogP contribution in [-0.4, -0.2) is 29.5 Å². The summed E-state index contributed by atoms with van der Waals surface area (Å²) in [7, 11) is 0. The van der Waals surface area contributed by atoms with E-state index >= 15 is 0 Å². The Balaban J connectivity index is 1.88. The Morgan fingerprint density at radius 2 is 1.29 bits per heavy atom. The Kier molecular flexibility index (Phi) is 4.72. The molecule has 1 aliphatic rings. The van der Waals surface area contributed by atoms with Gasteiger partial charge in [-0.2, -0.15) is 15.5 Å². The zero-order chi connectivity index (χ0) is 25.2. The lowest BCUT2D eigenvalue weighted by atomic mass is 9.67. The standard InChI is InChI=1S/C27H26N8/c1-25(2)18-8-17(14-28)9-21(11-18)34-15-30-23(32-34)26(3,4)27(5,6)24-31-16-35(33-24)22-12-19(25)10-20(13-22)29-7/h8-13,15-16H,1-6H3. The first-order valence-corrected chi connectivity index (χ1v) is 11.4. The zero-order valence-electron chi connectivity index (χ0n) is 20.7. The van der Waals surface area contributed by atoms with Crippen molar-refractivity contribution in [3.8, 4) is 17.4 Å². The van der Waals surface area contributed by atoms with Crippen LogP contribution in [0.4, 0.5) is 5.69 Å². The number of nitrogens with zero attached hydrogens (tertiary/aromatic N) is 8. The van der Waals surface area contributed by atoms with Gasteiger partial charge in [-0.3, -0.25) is 0 Å². The van der Waals surface area contributed by atoms with Crippen LogP contribution in [0.15, 0.2) is 49.1 Å². The summed E-state index contributed by atoms with van der Waals surface area (Å²) in [6.07, 6.45) is 3.38. The number of aromatic nitrogens is 6. The molecular weight excluding hydrogens is 436 g/mol. The van der Waals surface area contributed by atoms with Crippen molar-refractivity contribution in [2.45, 2.75) is 57.8 Å². The van der Waals surface area contributed by atoms with Crippen LogP contribution in [0.5, 0.6) is 0 Å². The second kappa shape index (κ2) is 7.35. The Morgan fingerprint density at radius 1 is 0.771 bits per heavy atom. The molecule has 0 saturated carbocycles. The average Bonchev–Trinajstić information content (AvgIpc) is 3.54. The highest BCUT2D eigenvalue weighted by Gasteiger charge is 2.45. The van der Waals surface area contributed by atoms with Gasteiger partial charge in [0.25, 0.3) is 0 Å². The predicted octanol–water partition coefficient (Wildman–Crippen LogP) is 5.17. The van der Waals surface area contributed by atoms with Crippen LogP contribution >= 0.6 is 0 Å². The summed E-state index contributed by atoms with van der Waals surface area (Å²) in [4.78, 5) is 13.1. The first-order chi connectivity index (χ1) is 16.5. The van der Waals surface area contributed by atoms with Crippen molar-refractivity contribution < 1.29 is 0 Å². The van der Waals surface area contributed by atoms with Gasteiger partial charge in [0.15, 0.2) is 17.3 Å². The van der Waals surface area contributed by atoms with Crippen molar-refractivity contribution in [2.24, 2.45) is 0 Å². The smallest absolute Gasteiger partial charge is 0.189 e. The minimum atomic E-state index is -0.511. The Bertz CT molecular complexity index is 1440. The van der Waals surface area contributed by atoms with Crippen molar-refractivity contribution in [1.29, 1.82) is 5.26 Å². The summed E-state index contributed by atoms with van der Waals surface area (Å²) in [5.41, 5.74) is 2.92. The number of nitriles is 1. The molecule has 174 valence electrons. The highest BCUT2D eigenvalue weighted by atomic mass is 15.4. The van der Waals surface area contributed by atoms with Crippen molar-refractivity contribution in [1.82, 2.24) is 29.5 Å². The molecule has 8 nitrogen and oxygen atoms in total. The molecule has 8 heteroatoms. The quantitative estimate of drug-likeness (QED) is 0.337. The number of hydrogen-bond acceptors (Lipinski definition) is 5. The normalized spacial score (nSPS) is 16.9. The van der Waals surface area contributed by atoms with E-state index in [1.165, 1.54) is 0 Å². The van der Waals surface area contributed by atoms with E-state index in [9.17, 15) is 5.26 Å². The molecule has 0 radical (unpaired) electrons. The first-order valence-electron chi connectivity index (χ1n) is 11.4. The molecule has 4 aromatic rings. The minimum Gasteiger partial charge on any atom is -0.238 e. The van der Waals surface area contributed by atoms with Gasteiger partial charge in [0.2, 0.25) is 0 Å². The minimum absolute atomic E-state index is 0.510. The molecule has 8 bridgehead atoms.